The largest absolute Gasteiger partial charge is 0.142 e. The van der Waals surface area contributed by atoms with E-state index in [-0.39, 0.29) is 0 Å². The summed E-state index contributed by atoms with van der Waals surface area (Å²) in [7, 11) is 0. The molecule has 0 aliphatic heterocycles. The van der Waals surface area contributed by atoms with E-state index in [4.69, 9.17) is 0 Å². The average molecular weight is 307 g/mol. The fourth-order valence-electron chi connectivity index (χ4n) is 2.19. The number of hydrogen-bond donors (Lipinski definition) is 4. The molecule has 0 saturated carbocycles. The van der Waals surface area contributed by atoms with E-state index in [1.54, 1.807) is 0 Å². The van der Waals surface area contributed by atoms with Crippen LogP contribution in [0, 0.1) is 0 Å². The highest BCUT2D eigenvalue weighted by molar-refractivity contribution is 7.86. The molecule has 0 amide bonds. The van der Waals surface area contributed by atoms with Gasteiger partial charge in [-0.25, -0.2) is 0 Å². The topological polar surface area (TPSA) is 0 Å². The van der Waals surface area contributed by atoms with Gasteiger partial charge in [-0.05, 0) is 16.2 Å². The van der Waals surface area contributed by atoms with Crippen LogP contribution in [0.25, 0.3) is 21.5 Å². The second-order valence-electron chi connectivity index (χ2n) is 4.10. The second kappa shape index (κ2) is 4.60. The van der Waals surface area contributed by atoms with Gasteiger partial charge in [-0.1, -0.05) is 36.4 Å². The molecule has 0 heterocycles. The van der Waals surface area contributed by atoms with E-state index in [2.05, 4.69) is 74.8 Å². The van der Waals surface area contributed by atoms with Crippen molar-refractivity contribution in [3.8, 4) is 0 Å². The van der Waals surface area contributed by atoms with E-state index >= 15 is 0 Å². The number of thiol groups is 4. The molecule has 0 aliphatic carbocycles. The van der Waals surface area contributed by atoms with Crippen LogP contribution in [0.3, 0.4) is 0 Å². The first-order valence-electron chi connectivity index (χ1n) is 5.38. The van der Waals surface area contributed by atoms with Gasteiger partial charge >= 0.3 is 0 Å². The molecule has 4 heteroatoms. The number of hydrogen-bond acceptors (Lipinski definition) is 4. The monoisotopic (exact) mass is 306 g/mol. The summed E-state index contributed by atoms with van der Waals surface area (Å²) >= 11 is 18.1. The van der Waals surface area contributed by atoms with E-state index in [0.29, 0.717) is 0 Å². The van der Waals surface area contributed by atoms with Crippen molar-refractivity contribution in [1.82, 2.24) is 0 Å². The third-order valence-corrected chi connectivity index (χ3v) is 5.43. The van der Waals surface area contributed by atoms with E-state index < -0.39 is 0 Å². The number of fused-ring (bicyclic) bond motifs is 3. The molecule has 0 nitrogen and oxygen atoms in total. The minimum atomic E-state index is 0.773. The lowest BCUT2D eigenvalue weighted by Crippen LogP contribution is -1.86. The van der Waals surface area contributed by atoms with Crippen molar-refractivity contribution in [3.05, 3.63) is 36.4 Å². The highest BCUT2D eigenvalue weighted by atomic mass is 32.1. The Morgan fingerprint density at radius 3 is 2.00 bits per heavy atom. The normalized spacial score (nSPS) is 11.3. The van der Waals surface area contributed by atoms with Crippen molar-refractivity contribution in [3.63, 3.8) is 0 Å². The molecule has 0 saturated heterocycles. The van der Waals surface area contributed by atoms with E-state index in [0.717, 1.165) is 30.4 Å². The van der Waals surface area contributed by atoms with Crippen LogP contribution in [0.15, 0.2) is 56.0 Å². The smallest absolute Gasteiger partial charge is 0.0326 e. The van der Waals surface area contributed by atoms with E-state index in [1.807, 2.05) is 12.1 Å². The average Bonchev–Trinajstić information content (AvgIpc) is 2.41. The van der Waals surface area contributed by atoms with Crippen LogP contribution in [0.5, 0.6) is 0 Å². The van der Waals surface area contributed by atoms with Crippen molar-refractivity contribution in [2.45, 2.75) is 19.6 Å². The molecule has 0 aliphatic rings. The SMILES string of the molecule is Sc1c(S)c(S)c2c(ccc3ccccc32)c1S. The molecule has 3 aromatic carbocycles. The van der Waals surface area contributed by atoms with Gasteiger partial charge in [0.1, 0.15) is 0 Å². The van der Waals surface area contributed by atoms with Gasteiger partial charge in [0.2, 0.25) is 0 Å². The standard InChI is InChI=1S/C14H10S4/c15-11-9-6-5-7-3-1-2-4-8(7)10(9)12(16)14(18)13(11)17/h1-6,15-18H. The minimum absolute atomic E-state index is 0.773. The Kier molecular flexibility index (Phi) is 3.22. The summed E-state index contributed by atoms with van der Waals surface area (Å²) in [6.07, 6.45) is 0. The Labute approximate surface area is 127 Å². The maximum Gasteiger partial charge on any atom is 0.0326 e. The Balaban J connectivity index is 2.66. The molecule has 18 heavy (non-hydrogen) atoms. The Morgan fingerprint density at radius 1 is 0.556 bits per heavy atom. The predicted octanol–water partition coefficient (Wildman–Crippen LogP) is 5.15. The lowest BCUT2D eigenvalue weighted by Gasteiger charge is -2.13. The summed E-state index contributed by atoms with van der Waals surface area (Å²) < 4.78 is 0. The van der Waals surface area contributed by atoms with Crippen molar-refractivity contribution >= 4 is 72.1 Å². The zero-order valence-electron chi connectivity index (χ0n) is 9.25. The van der Waals surface area contributed by atoms with Crippen LogP contribution in [-0.4, -0.2) is 0 Å². The second-order valence-corrected chi connectivity index (χ2v) is 5.89. The summed E-state index contributed by atoms with van der Waals surface area (Å²) in [5, 5.41) is 4.50. The van der Waals surface area contributed by atoms with Gasteiger partial charge < -0.3 is 0 Å². The van der Waals surface area contributed by atoms with Gasteiger partial charge in [0.25, 0.3) is 0 Å². The zero-order chi connectivity index (χ0) is 12.9. The fourth-order valence-corrected chi connectivity index (χ4v) is 3.48. The van der Waals surface area contributed by atoms with Crippen molar-refractivity contribution in [2.75, 3.05) is 0 Å². The third kappa shape index (κ3) is 1.74. The molecular formula is C14H10S4. The predicted molar refractivity (Wildman–Crippen MR) is 90.5 cm³/mol. The molecule has 0 spiro atoms. The summed E-state index contributed by atoms with van der Waals surface area (Å²) in [6, 6.07) is 12.4. The molecule has 0 aromatic heterocycles. The number of benzene rings is 3. The number of rotatable bonds is 0. The molecule has 0 N–H and O–H groups in total. The summed E-state index contributed by atoms with van der Waals surface area (Å²) in [5.74, 6) is 0. The van der Waals surface area contributed by atoms with Crippen LogP contribution in [0.1, 0.15) is 0 Å². The maximum atomic E-state index is 4.60. The highest BCUT2D eigenvalue weighted by Crippen LogP contribution is 2.41. The van der Waals surface area contributed by atoms with Crippen LogP contribution < -0.4 is 0 Å². The van der Waals surface area contributed by atoms with Crippen LogP contribution >= 0.6 is 50.5 Å². The third-order valence-electron chi connectivity index (χ3n) is 3.09. The Bertz CT molecular complexity index is 778. The van der Waals surface area contributed by atoms with Crippen molar-refractivity contribution in [2.24, 2.45) is 0 Å². The lowest BCUT2D eigenvalue weighted by atomic mass is 10.0. The van der Waals surface area contributed by atoms with Crippen LogP contribution in [0.4, 0.5) is 0 Å². The molecule has 0 atom stereocenters. The quantitative estimate of drug-likeness (QED) is 0.320. The fraction of sp³-hybridized carbons (Fsp3) is 0. The molecule has 0 bridgehead atoms. The molecule has 90 valence electrons. The van der Waals surface area contributed by atoms with E-state index in [1.165, 1.54) is 10.8 Å². The van der Waals surface area contributed by atoms with Gasteiger partial charge in [0.15, 0.2) is 0 Å². The first-order valence-corrected chi connectivity index (χ1v) is 7.17. The highest BCUT2D eigenvalue weighted by Gasteiger charge is 2.13. The zero-order valence-corrected chi connectivity index (χ0v) is 12.8. The molecule has 0 fully saturated rings. The Morgan fingerprint density at radius 2 is 1.22 bits per heavy atom. The first kappa shape index (κ1) is 12.6. The van der Waals surface area contributed by atoms with Gasteiger partial charge in [0, 0.05) is 25.0 Å². The Hall–Kier alpha value is -0.420. The lowest BCUT2D eigenvalue weighted by molar-refractivity contribution is 1.10. The maximum absolute atomic E-state index is 4.60. The molecule has 3 rings (SSSR count). The summed E-state index contributed by atoms with van der Waals surface area (Å²) in [5.41, 5.74) is 0. The molecule has 3 aromatic rings. The minimum Gasteiger partial charge on any atom is -0.142 e. The van der Waals surface area contributed by atoms with Gasteiger partial charge in [-0.15, -0.1) is 50.5 Å². The van der Waals surface area contributed by atoms with E-state index in [9.17, 15) is 0 Å². The molecular weight excluding hydrogens is 296 g/mol. The van der Waals surface area contributed by atoms with Crippen molar-refractivity contribution in [1.29, 1.82) is 0 Å². The summed E-state index contributed by atoms with van der Waals surface area (Å²) in [6.45, 7) is 0. The van der Waals surface area contributed by atoms with Gasteiger partial charge in [-0.2, -0.15) is 0 Å². The summed E-state index contributed by atoms with van der Waals surface area (Å²) in [4.78, 5) is 3.25. The first-order chi connectivity index (χ1) is 8.61. The molecule has 0 radical (unpaired) electrons. The van der Waals surface area contributed by atoms with Crippen molar-refractivity contribution < 1.29 is 0 Å². The van der Waals surface area contributed by atoms with Crippen LogP contribution in [-0.2, 0) is 0 Å². The van der Waals surface area contributed by atoms with Gasteiger partial charge in [-0.3, -0.25) is 0 Å². The van der Waals surface area contributed by atoms with Gasteiger partial charge in [0.05, 0.1) is 0 Å². The van der Waals surface area contributed by atoms with Crippen LogP contribution in [0.2, 0.25) is 0 Å². The molecule has 0 unspecified atom stereocenters.